The summed E-state index contributed by atoms with van der Waals surface area (Å²) < 4.78 is 11.3. The highest BCUT2D eigenvalue weighted by atomic mass is 16.5. The van der Waals surface area contributed by atoms with E-state index in [1.165, 1.54) is 0 Å². The van der Waals surface area contributed by atoms with Crippen LogP contribution in [-0.2, 0) is 0 Å². The Hall–Kier alpha value is -1.71. The lowest BCUT2D eigenvalue weighted by molar-refractivity contribution is 0.0919. The van der Waals surface area contributed by atoms with Crippen molar-refractivity contribution in [2.24, 2.45) is 0 Å². The maximum absolute atomic E-state index is 12.2. The molecule has 0 saturated carbocycles. The Morgan fingerprint density at radius 3 is 2.43 bits per heavy atom. The van der Waals surface area contributed by atoms with Gasteiger partial charge < -0.3 is 14.8 Å². The van der Waals surface area contributed by atoms with E-state index in [1.807, 2.05) is 27.7 Å². The molecular weight excluding hydrogens is 266 g/mol. The maximum atomic E-state index is 12.2. The number of carbonyl (C=O) groups is 1. The molecule has 1 aromatic rings. The lowest BCUT2D eigenvalue weighted by Crippen LogP contribution is -2.40. The molecule has 0 saturated heterocycles. The van der Waals surface area contributed by atoms with Gasteiger partial charge >= 0.3 is 0 Å². The van der Waals surface area contributed by atoms with E-state index in [0.717, 1.165) is 12.8 Å². The van der Waals surface area contributed by atoms with Gasteiger partial charge in [-0.05, 0) is 52.3 Å². The Bertz CT molecular complexity index is 464. The number of carbonyl (C=O) groups excluding carboxylic acids is 1. The minimum absolute atomic E-state index is 0.108. The van der Waals surface area contributed by atoms with Crippen LogP contribution in [0.4, 0.5) is 0 Å². The molecule has 0 heterocycles. The zero-order chi connectivity index (χ0) is 15.9. The molecule has 21 heavy (non-hydrogen) atoms. The van der Waals surface area contributed by atoms with E-state index in [-0.39, 0.29) is 11.4 Å². The van der Waals surface area contributed by atoms with Crippen LogP contribution in [0.3, 0.4) is 0 Å². The van der Waals surface area contributed by atoms with Crippen molar-refractivity contribution in [2.75, 3.05) is 13.2 Å². The number of rotatable bonds is 7. The van der Waals surface area contributed by atoms with E-state index in [9.17, 15) is 4.79 Å². The summed E-state index contributed by atoms with van der Waals surface area (Å²) in [5.74, 6) is 1.20. The van der Waals surface area contributed by atoms with Crippen molar-refractivity contribution >= 4 is 5.91 Å². The number of benzene rings is 1. The highest BCUT2D eigenvalue weighted by Crippen LogP contribution is 2.29. The Morgan fingerprint density at radius 1 is 1.14 bits per heavy atom. The van der Waals surface area contributed by atoms with Crippen LogP contribution in [0, 0.1) is 0 Å². The smallest absolute Gasteiger partial charge is 0.251 e. The number of ether oxygens (including phenoxy) is 2. The van der Waals surface area contributed by atoms with Crippen LogP contribution >= 0.6 is 0 Å². The summed E-state index contributed by atoms with van der Waals surface area (Å²) in [6, 6.07) is 5.31. The van der Waals surface area contributed by atoms with E-state index in [0.29, 0.717) is 30.3 Å². The van der Waals surface area contributed by atoms with Gasteiger partial charge in [0, 0.05) is 11.1 Å². The molecule has 0 radical (unpaired) electrons. The molecule has 0 aliphatic rings. The van der Waals surface area contributed by atoms with Crippen LogP contribution in [-0.4, -0.2) is 24.7 Å². The molecule has 1 rings (SSSR count). The largest absolute Gasteiger partial charge is 0.490 e. The van der Waals surface area contributed by atoms with Crippen LogP contribution in [0.2, 0.25) is 0 Å². The van der Waals surface area contributed by atoms with Crippen molar-refractivity contribution in [1.82, 2.24) is 5.32 Å². The molecule has 4 nitrogen and oxygen atoms in total. The number of unbranched alkanes of at least 4 members (excludes halogenated alkanes) is 1. The highest BCUT2D eigenvalue weighted by Gasteiger charge is 2.17. The maximum Gasteiger partial charge on any atom is 0.251 e. The molecule has 0 aromatic heterocycles. The second-order valence-electron chi connectivity index (χ2n) is 6.00. The van der Waals surface area contributed by atoms with Gasteiger partial charge in [-0.1, -0.05) is 13.3 Å². The van der Waals surface area contributed by atoms with Crippen molar-refractivity contribution in [2.45, 2.75) is 53.0 Å². The molecule has 118 valence electrons. The van der Waals surface area contributed by atoms with E-state index in [4.69, 9.17) is 9.47 Å². The summed E-state index contributed by atoms with van der Waals surface area (Å²) in [4.78, 5) is 12.2. The third kappa shape index (κ3) is 6.06. The van der Waals surface area contributed by atoms with Crippen molar-refractivity contribution in [3.05, 3.63) is 23.8 Å². The Kier molecular flexibility index (Phi) is 6.53. The number of hydrogen-bond donors (Lipinski definition) is 1. The van der Waals surface area contributed by atoms with Crippen molar-refractivity contribution in [1.29, 1.82) is 0 Å². The minimum atomic E-state index is -0.265. The summed E-state index contributed by atoms with van der Waals surface area (Å²) in [5.41, 5.74) is 0.315. The molecule has 0 aliphatic carbocycles. The molecule has 0 bridgehead atoms. The molecule has 0 unspecified atom stereocenters. The van der Waals surface area contributed by atoms with Crippen molar-refractivity contribution < 1.29 is 14.3 Å². The van der Waals surface area contributed by atoms with Gasteiger partial charge in [0.05, 0.1) is 13.2 Å². The Morgan fingerprint density at radius 2 is 1.86 bits per heavy atom. The van der Waals surface area contributed by atoms with Gasteiger partial charge in [-0.15, -0.1) is 0 Å². The SMILES string of the molecule is CCCCOc1ccc(C(=O)NC(C)(C)C)cc1OCC. The van der Waals surface area contributed by atoms with E-state index in [2.05, 4.69) is 12.2 Å². The van der Waals surface area contributed by atoms with Gasteiger partial charge in [-0.2, -0.15) is 0 Å². The fourth-order valence-corrected chi connectivity index (χ4v) is 1.78. The van der Waals surface area contributed by atoms with Crippen LogP contribution in [0.25, 0.3) is 0 Å². The minimum Gasteiger partial charge on any atom is -0.490 e. The average molecular weight is 293 g/mol. The number of amides is 1. The highest BCUT2D eigenvalue weighted by molar-refractivity contribution is 5.95. The Balaban J connectivity index is 2.88. The summed E-state index contributed by atoms with van der Waals surface area (Å²) in [6.07, 6.45) is 2.08. The number of nitrogens with one attached hydrogen (secondary N) is 1. The summed E-state index contributed by atoms with van der Waals surface area (Å²) in [6.45, 7) is 11.1. The van der Waals surface area contributed by atoms with Gasteiger partial charge in [0.25, 0.3) is 5.91 Å². The predicted octanol–water partition coefficient (Wildman–Crippen LogP) is 3.79. The van der Waals surface area contributed by atoms with E-state index >= 15 is 0 Å². The summed E-state index contributed by atoms with van der Waals surface area (Å²) >= 11 is 0. The topological polar surface area (TPSA) is 47.6 Å². The Labute approximate surface area is 127 Å². The van der Waals surface area contributed by atoms with Gasteiger partial charge in [-0.25, -0.2) is 0 Å². The fraction of sp³-hybridized carbons (Fsp3) is 0.588. The summed E-state index contributed by atoms with van der Waals surface area (Å²) in [7, 11) is 0. The third-order valence-corrected chi connectivity index (χ3v) is 2.75. The van der Waals surface area contributed by atoms with Gasteiger partial charge in [0.1, 0.15) is 0 Å². The molecule has 0 aliphatic heterocycles. The van der Waals surface area contributed by atoms with Crippen molar-refractivity contribution in [3.8, 4) is 11.5 Å². The molecule has 1 aromatic carbocycles. The first-order valence-corrected chi connectivity index (χ1v) is 7.59. The first kappa shape index (κ1) is 17.3. The lowest BCUT2D eigenvalue weighted by Gasteiger charge is -2.21. The molecular formula is C17H27NO3. The van der Waals surface area contributed by atoms with Crippen LogP contribution in [0.1, 0.15) is 57.8 Å². The van der Waals surface area contributed by atoms with Crippen molar-refractivity contribution in [3.63, 3.8) is 0 Å². The van der Waals surface area contributed by atoms with Gasteiger partial charge in [0.15, 0.2) is 11.5 Å². The summed E-state index contributed by atoms with van der Waals surface area (Å²) in [5, 5.41) is 2.94. The average Bonchev–Trinajstić information content (AvgIpc) is 2.39. The quantitative estimate of drug-likeness (QED) is 0.778. The zero-order valence-electron chi connectivity index (χ0n) is 13.8. The fourth-order valence-electron chi connectivity index (χ4n) is 1.78. The zero-order valence-corrected chi connectivity index (χ0v) is 13.8. The standard InChI is InChI=1S/C17H27NO3/c1-6-8-11-21-14-10-9-13(12-15(14)20-7-2)16(19)18-17(3,4)5/h9-10,12H,6-8,11H2,1-5H3,(H,18,19). The molecule has 1 N–H and O–H groups in total. The van der Waals surface area contributed by atoms with Gasteiger partial charge in [0.2, 0.25) is 0 Å². The van der Waals surface area contributed by atoms with Crippen LogP contribution in [0.5, 0.6) is 11.5 Å². The molecule has 0 fully saturated rings. The second kappa shape index (κ2) is 7.91. The van der Waals surface area contributed by atoms with Crippen LogP contribution in [0.15, 0.2) is 18.2 Å². The van der Waals surface area contributed by atoms with E-state index < -0.39 is 0 Å². The molecule has 4 heteroatoms. The predicted molar refractivity (Wildman–Crippen MR) is 85.2 cm³/mol. The normalized spacial score (nSPS) is 11.1. The monoisotopic (exact) mass is 293 g/mol. The second-order valence-corrected chi connectivity index (χ2v) is 6.00. The molecule has 0 spiro atoms. The van der Waals surface area contributed by atoms with Gasteiger partial charge in [-0.3, -0.25) is 4.79 Å². The lowest BCUT2D eigenvalue weighted by atomic mass is 10.1. The van der Waals surface area contributed by atoms with Crippen LogP contribution < -0.4 is 14.8 Å². The van der Waals surface area contributed by atoms with E-state index in [1.54, 1.807) is 18.2 Å². The molecule has 0 atom stereocenters. The molecule has 1 amide bonds. The first-order valence-electron chi connectivity index (χ1n) is 7.59. The number of hydrogen-bond acceptors (Lipinski definition) is 3. The third-order valence-electron chi connectivity index (χ3n) is 2.75. The first-order chi connectivity index (χ1) is 9.87.